The lowest BCUT2D eigenvalue weighted by Gasteiger charge is -2.18. The molecule has 1 unspecified atom stereocenters. The molecule has 4 rings (SSSR count). The number of amides is 1. The van der Waals surface area contributed by atoms with E-state index in [1.54, 1.807) is 30.5 Å². The molecule has 0 bridgehead atoms. The fourth-order valence-electron chi connectivity index (χ4n) is 3.02. The molecule has 0 aliphatic rings. The topological polar surface area (TPSA) is 95.8 Å². The fraction of sp³-hybridized carbons (Fsp3) is 0.100. The van der Waals surface area contributed by atoms with E-state index in [0.29, 0.717) is 15.6 Å². The Kier molecular flexibility index (Phi) is 5.73. The summed E-state index contributed by atoms with van der Waals surface area (Å²) in [7, 11) is 0. The molecule has 3 heterocycles. The molecule has 0 aliphatic carbocycles. The molecular formula is C20H17Cl2N5OS. The minimum atomic E-state index is -0.387. The molecule has 0 fully saturated rings. The first kappa shape index (κ1) is 19.7. The predicted octanol–water partition coefficient (Wildman–Crippen LogP) is 5.10. The van der Waals surface area contributed by atoms with Crippen molar-refractivity contribution < 1.29 is 4.79 Å². The number of nitrogens with one attached hydrogen (secondary N) is 3. The number of fused-ring (bicyclic) bond motifs is 1. The normalized spacial score (nSPS) is 12.1. The third-order valence-electron chi connectivity index (χ3n) is 4.51. The Balaban J connectivity index is 1.56. The van der Waals surface area contributed by atoms with Gasteiger partial charge < -0.3 is 21.4 Å². The minimum Gasteiger partial charge on any atom is -0.346 e. The second-order valence-corrected chi connectivity index (χ2v) is 8.05. The number of anilines is 2. The zero-order valence-electron chi connectivity index (χ0n) is 15.1. The summed E-state index contributed by atoms with van der Waals surface area (Å²) >= 11 is 13.5. The number of rotatable bonds is 6. The Labute approximate surface area is 181 Å². The summed E-state index contributed by atoms with van der Waals surface area (Å²) in [5, 5.41) is 10.7. The minimum absolute atomic E-state index is 0.227. The van der Waals surface area contributed by atoms with Gasteiger partial charge in [0.2, 0.25) is 0 Å². The zero-order chi connectivity index (χ0) is 20.4. The van der Waals surface area contributed by atoms with E-state index in [1.165, 1.54) is 11.3 Å². The number of aromatic amines is 1. The Morgan fingerprint density at radius 1 is 1.21 bits per heavy atom. The number of carbonyl (C=O) groups excluding carboxylic acids is 1. The molecule has 148 valence electrons. The van der Waals surface area contributed by atoms with E-state index >= 15 is 0 Å². The third-order valence-corrected chi connectivity index (χ3v) is 6.07. The number of hydrogen-bond donors (Lipinski definition) is 4. The van der Waals surface area contributed by atoms with Crippen molar-refractivity contribution in [1.29, 1.82) is 0 Å². The van der Waals surface area contributed by atoms with Gasteiger partial charge in [0.25, 0.3) is 5.91 Å². The monoisotopic (exact) mass is 445 g/mol. The van der Waals surface area contributed by atoms with Gasteiger partial charge in [0.15, 0.2) is 0 Å². The molecule has 0 aliphatic heterocycles. The first-order valence-electron chi connectivity index (χ1n) is 8.79. The van der Waals surface area contributed by atoms with Gasteiger partial charge in [-0.15, -0.1) is 11.3 Å². The van der Waals surface area contributed by atoms with E-state index in [1.807, 2.05) is 23.7 Å². The van der Waals surface area contributed by atoms with E-state index in [2.05, 4.69) is 20.6 Å². The number of H-pyrrole nitrogens is 1. The number of benzene rings is 1. The van der Waals surface area contributed by atoms with Crippen LogP contribution >= 0.6 is 34.5 Å². The van der Waals surface area contributed by atoms with E-state index < -0.39 is 0 Å². The molecule has 0 saturated heterocycles. The second-order valence-electron chi connectivity index (χ2n) is 6.32. The molecule has 1 aromatic carbocycles. The summed E-state index contributed by atoms with van der Waals surface area (Å²) in [5.74, 6) is -0.227. The third kappa shape index (κ3) is 4.09. The standard InChI is InChI=1S/C20H17Cl2N5OS/c21-14-2-1-11(9-15(14)22)17(10-23)26-19(28)13-5-8-29-20(13)27-16-4-7-25-18-12(16)3-6-24-18/h1-9,17H,10,23H2,(H,26,28)(H2,24,25,27). The molecule has 6 nitrogen and oxygen atoms in total. The maximum atomic E-state index is 12.9. The molecule has 1 atom stereocenters. The second kappa shape index (κ2) is 8.42. The van der Waals surface area contributed by atoms with Crippen molar-refractivity contribution in [3.8, 4) is 0 Å². The SMILES string of the molecule is NCC(NC(=O)c1ccsc1Nc1ccnc2[nH]ccc12)c1ccc(Cl)c(Cl)c1. The maximum Gasteiger partial charge on any atom is 0.254 e. The van der Waals surface area contributed by atoms with Crippen molar-refractivity contribution in [2.45, 2.75) is 6.04 Å². The van der Waals surface area contributed by atoms with Crippen LogP contribution in [0.25, 0.3) is 11.0 Å². The highest BCUT2D eigenvalue weighted by molar-refractivity contribution is 7.14. The molecular weight excluding hydrogens is 429 g/mol. The molecule has 29 heavy (non-hydrogen) atoms. The van der Waals surface area contributed by atoms with Gasteiger partial charge in [-0.3, -0.25) is 4.79 Å². The zero-order valence-corrected chi connectivity index (χ0v) is 17.4. The maximum absolute atomic E-state index is 12.9. The lowest BCUT2D eigenvalue weighted by molar-refractivity contribution is 0.0939. The van der Waals surface area contributed by atoms with Crippen molar-refractivity contribution in [2.24, 2.45) is 5.73 Å². The number of thiophene rings is 1. The Bertz CT molecular complexity index is 1170. The van der Waals surface area contributed by atoms with Gasteiger partial charge in [-0.2, -0.15) is 0 Å². The Hall–Kier alpha value is -2.58. The van der Waals surface area contributed by atoms with Gasteiger partial charge in [0.1, 0.15) is 10.6 Å². The van der Waals surface area contributed by atoms with E-state index in [-0.39, 0.29) is 18.5 Å². The van der Waals surface area contributed by atoms with Crippen LogP contribution < -0.4 is 16.4 Å². The molecule has 5 N–H and O–H groups in total. The van der Waals surface area contributed by atoms with Gasteiger partial charge in [-0.05, 0) is 41.3 Å². The molecule has 1 amide bonds. The summed E-state index contributed by atoms with van der Waals surface area (Å²) < 4.78 is 0. The number of nitrogens with zero attached hydrogens (tertiary/aromatic N) is 1. The van der Waals surface area contributed by atoms with Crippen molar-refractivity contribution in [1.82, 2.24) is 15.3 Å². The van der Waals surface area contributed by atoms with Crippen LogP contribution in [-0.4, -0.2) is 22.4 Å². The highest BCUT2D eigenvalue weighted by Gasteiger charge is 2.19. The first-order chi connectivity index (χ1) is 14.1. The lowest BCUT2D eigenvalue weighted by atomic mass is 10.1. The van der Waals surface area contributed by atoms with Crippen molar-refractivity contribution in [3.63, 3.8) is 0 Å². The molecule has 0 spiro atoms. The van der Waals surface area contributed by atoms with Crippen LogP contribution in [0, 0.1) is 0 Å². The molecule has 9 heteroatoms. The quantitative estimate of drug-likeness (QED) is 0.331. The Morgan fingerprint density at radius 2 is 2.07 bits per heavy atom. The van der Waals surface area contributed by atoms with Crippen molar-refractivity contribution in [3.05, 3.63) is 75.3 Å². The Morgan fingerprint density at radius 3 is 2.86 bits per heavy atom. The smallest absolute Gasteiger partial charge is 0.254 e. The van der Waals surface area contributed by atoms with Crippen LogP contribution in [0.3, 0.4) is 0 Å². The molecule has 0 radical (unpaired) electrons. The number of hydrogen-bond acceptors (Lipinski definition) is 5. The van der Waals surface area contributed by atoms with Crippen LogP contribution in [0.4, 0.5) is 10.7 Å². The number of nitrogens with two attached hydrogens (primary N) is 1. The van der Waals surface area contributed by atoms with Crippen LogP contribution in [0.5, 0.6) is 0 Å². The highest BCUT2D eigenvalue weighted by Crippen LogP contribution is 2.31. The molecule has 4 aromatic rings. The molecule has 3 aromatic heterocycles. The fourth-order valence-corrected chi connectivity index (χ4v) is 4.12. The van der Waals surface area contributed by atoms with Crippen LogP contribution in [0.2, 0.25) is 10.0 Å². The summed E-state index contributed by atoms with van der Waals surface area (Å²) in [6.45, 7) is 0.227. The van der Waals surface area contributed by atoms with E-state index in [9.17, 15) is 4.79 Å². The lowest BCUT2D eigenvalue weighted by Crippen LogP contribution is -2.33. The number of carbonyl (C=O) groups is 1. The summed E-state index contributed by atoms with van der Waals surface area (Å²) in [4.78, 5) is 20.3. The van der Waals surface area contributed by atoms with Crippen molar-refractivity contribution in [2.75, 3.05) is 11.9 Å². The van der Waals surface area contributed by atoms with E-state index in [4.69, 9.17) is 28.9 Å². The largest absolute Gasteiger partial charge is 0.346 e. The van der Waals surface area contributed by atoms with Crippen LogP contribution in [0.1, 0.15) is 22.0 Å². The number of halogens is 2. The average molecular weight is 446 g/mol. The predicted molar refractivity (Wildman–Crippen MR) is 119 cm³/mol. The van der Waals surface area contributed by atoms with Gasteiger partial charge in [0, 0.05) is 24.3 Å². The first-order valence-corrected chi connectivity index (χ1v) is 10.4. The van der Waals surface area contributed by atoms with Gasteiger partial charge in [-0.25, -0.2) is 4.98 Å². The van der Waals surface area contributed by atoms with E-state index in [0.717, 1.165) is 27.3 Å². The highest BCUT2D eigenvalue weighted by atomic mass is 35.5. The van der Waals surface area contributed by atoms with Crippen LogP contribution in [-0.2, 0) is 0 Å². The van der Waals surface area contributed by atoms with Gasteiger partial charge in [0.05, 0.1) is 27.3 Å². The number of pyridine rings is 1. The molecule has 0 saturated carbocycles. The number of aromatic nitrogens is 2. The van der Waals surface area contributed by atoms with Crippen LogP contribution in [0.15, 0.2) is 54.2 Å². The summed E-state index contributed by atoms with van der Waals surface area (Å²) in [6.07, 6.45) is 3.54. The summed E-state index contributed by atoms with van der Waals surface area (Å²) in [5.41, 5.74) is 8.87. The average Bonchev–Trinajstić information content (AvgIpc) is 3.38. The summed E-state index contributed by atoms with van der Waals surface area (Å²) in [6, 6.07) is 10.4. The van der Waals surface area contributed by atoms with Crippen molar-refractivity contribution >= 4 is 62.2 Å². The van der Waals surface area contributed by atoms with Gasteiger partial charge in [-0.1, -0.05) is 29.3 Å². The van der Waals surface area contributed by atoms with Gasteiger partial charge >= 0.3 is 0 Å².